The molecule has 0 saturated heterocycles. The van der Waals surface area contributed by atoms with Gasteiger partial charge in [0.05, 0.1) is 11.9 Å². The van der Waals surface area contributed by atoms with Gasteiger partial charge in [-0.05, 0) is 6.07 Å². The molecule has 11 heavy (non-hydrogen) atoms. The highest BCUT2D eigenvalue weighted by molar-refractivity contribution is 7.99. The van der Waals surface area contributed by atoms with Crippen molar-refractivity contribution in [3.63, 3.8) is 0 Å². The van der Waals surface area contributed by atoms with Crippen LogP contribution in [0.1, 0.15) is 0 Å². The van der Waals surface area contributed by atoms with E-state index in [1.54, 1.807) is 24.2 Å². The van der Waals surface area contributed by atoms with Gasteiger partial charge in [-0.1, -0.05) is 0 Å². The van der Waals surface area contributed by atoms with Gasteiger partial charge in [0.2, 0.25) is 0 Å². The Hall–Kier alpha value is -0.740. The fourth-order valence-electron chi connectivity index (χ4n) is 0.694. The molecular weight excluding hydrogens is 158 g/mol. The van der Waals surface area contributed by atoms with Gasteiger partial charge in [0.25, 0.3) is 0 Å². The van der Waals surface area contributed by atoms with Crippen LogP contribution in [0.15, 0.2) is 23.4 Å². The Kier molecular flexibility index (Phi) is 3.19. The maximum Gasteiger partial charge on any atom is 0.0638 e. The van der Waals surface area contributed by atoms with Crippen molar-refractivity contribution in [1.82, 2.24) is 4.98 Å². The van der Waals surface area contributed by atoms with Crippen LogP contribution in [0, 0.1) is 0 Å². The zero-order valence-corrected chi connectivity index (χ0v) is 6.97. The summed E-state index contributed by atoms with van der Waals surface area (Å²) in [4.78, 5) is 4.94. The third-order valence-corrected chi connectivity index (χ3v) is 2.31. The molecule has 4 N–H and O–H groups in total. The van der Waals surface area contributed by atoms with Crippen molar-refractivity contribution < 1.29 is 0 Å². The van der Waals surface area contributed by atoms with E-state index in [1.165, 1.54) is 0 Å². The average Bonchev–Trinajstić information content (AvgIpc) is 2.03. The Morgan fingerprint density at radius 3 is 3.00 bits per heavy atom. The summed E-state index contributed by atoms with van der Waals surface area (Å²) in [5, 5.41) is 0. The second-order valence-electron chi connectivity index (χ2n) is 2.05. The van der Waals surface area contributed by atoms with Gasteiger partial charge < -0.3 is 11.5 Å². The number of nitrogens with two attached hydrogens (primary N) is 2. The highest BCUT2D eigenvalue weighted by Crippen LogP contribution is 2.22. The van der Waals surface area contributed by atoms with Crippen LogP contribution >= 0.6 is 11.8 Å². The standard InChI is InChI=1S/C7H11N3S/c8-2-4-11-7-1-3-10-5-6(7)9/h1,3,5H,2,4,8-9H2. The summed E-state index contributed by atoms with van der Waals surface area (Å²) in [6.07, 6.45) is 3.38. The quantitative estimate of drug-likeness (QED) is 0.654. The number of thioether (sulfide) groups is 1. The molecule has 0 atom stereocenters. The summed E-state index contributed by atoms with van der Waals surface area (Å²) in [5.41, 5.74) is 11.7. The van der Waals surface area contributed by atoms with Crippen molar-refractivity contribution in [2.45, 2.75) is 4.90 Å². The Labute approximate surface area is 70.2 Å². The van der Waals surface area contributed by atoms with Crippen molar-refractivity contribution in [2.24, 2.45) is 5.73 Å². The number of hydrogen-bond donors (Lipinski definition) is 2. The molecule has 0 aliphatic carbocycles. The van der Waals surface area contributed by atoms with Crippen LogP contribution in [0.25, 0.3) is 0 Å². The molecule has 4 heteroatoms. The highest BCUT2D eigenvalue weighted by atomic mass is 32.2. The van der Waals surface area contributed by atoms with Crippen LogP contribution < -0.4 is 11.5 Å². The number of nitrogen functional groups attached to an aromatic ring is 1. The Morgan fingerprint density at radius 2 is 2.36 bits per heavy atom. The van der Waals surface area contributed by atoms with Crippen LogP contribution in [-0.4, -0.2) is 17.3 Å². The molecule has 1 aromatic rings. The summed E-state index contributed by atoms with van der Waals surface area (Å²) in [6, 6.07) is 1.90. The van der Waals surface area contributed by atoms with Crippen molar-refractivity contribution in [3.05, 3.63) is 18.5 Å². The molecule has 0 spiro atoms. The van der Waals surface area contributed by atoms with Crippen LogP contribution in [0.5, 0.6) is 0 Å². The SMILES string of the molecule is NCCSc1ccncc1N. The number of rotatable bonds is 3. The van der Waals surface area contributed by atoms with Gasteiger partial charge in [0, 0.05) is 23.4 Å². The van der Waals surface area contributed by atoms with E-state index >= 15 is 0 Å². The third-order valence-electron chi connectivity index (χ3n) is 1.19. The number of aromatic nitrogens is 1. The minimum Gasteiger partial charge on any atom is -0.397 e. The smallest absolute Gasteiger partial charge is 0.0638 e. The highest BCUT2D eigenvalue weighted by Gasteiger charge is 1.96. The van der Waals surface area contributed by atoms with E-state index in [1.807, 2.05) is 6.07 Å². The molecule has 0 aliphatic heterocycles. The lowest BCUT2D eigenvalue weighted by Crippen LogP contribution is -2.01. The van der Waals surface area contributed by atoms with Gasteiger partial charge in [-0.3, -0.25) is 4.98 Å². The third kappa shape index (κ3) is 2.40. The van der Waals surface area contributed by atoms with E-state index in [9.17, 15) is 0 Å². The molecule has 0 aromatic carbocycles. The molecule has 0 radical (unpaired) electrons. The van der Waals surface area contributed by atoms with Crippen LogP contribution in [0.3, 0.4) is 0 Å². The van der Waals surface area contributed by atoms with Crippen LogP contribution in [0.2, 0.25) is 0 Å². The molecule has 3 nitrogen and oxygen atoms in total. The number of anilines is 1. The number of hydrogen-bond acceptors (Lipinski definition) is 4. The first-order chi connectivity index (χ1) is 5.34. The molecular formula is C7H11N3S. The molecule has 0 amide bonds. The number of pyridine rings is 1. The van der Waals surface area contributed by atoms with E-state index < -0.39 is 0 Å². The lowest BCUT2D eigenvalue weighted by Gasteiger charge is -2.01. The minimum atomic E-state index is 0.673. The van der Waals surface area contributed by atoms with E-state index in [4.69, 9.17) is 11.5 Å². The second kappa shape index (κ2) is 4.20. The first-order valence-electron chi connectivity index (χ1n) is 3.37. The lowest BCUT2D eigenvalue weighted by atomic mass is 10.4. The molecule has 1 aromatic heterocycles. The molecule has 0 saturated carbocycles. The summed E-state index contributed by atoms with van der Waals surface area (Å²) in [6.45, 7) is 0.673. The zero-order chi connectivity index (χ0) is 8.10. The predicted molar refractivity (Wildman–Crippen MR) is 48.4 cm³/mol. The monoisotopic (exact) mass is 169 g/mol. The van der Waals surface area contributed by atoms with Gasteiger partial charge in [0.15, 0.2) is 0 Å². The van der Waals surface area contributed by atoms with Crippen molar-refractivity contribution in [2.75, 3.05) is 18.0 Å². The average molecular weight is 169 g/mol. The largest absolute Gasteiger partial charge is 0.397 e. The topological polar surface area (TPSA) is 64.9 Å². The predicted octanol–water partition coefficient (Wildman–Crippen LogP) is 0.715. The van der Waals surface area contributed by atoms with Gasteiger partial charge in [0.1, 0.15) is 0 Å². The molecule has 0 unspecified atom stereocenters. The van der Waals surface area contributed by atoms with E-state index in [2.05, 4.69) is 4.98 Å². The summed E-state index contributed by atoms with van der Waals surface area (Å²) >= 11 is 1.66. The zero-order valence-electron chi connectivity index (χ0n) is 6.16. The summed E-state index contributed by atoms with van der Waals surface area (Å²) in [7, 11) is 0. The Morgan fingerprint density at radius 1 is 1.55 bits per heavy atom. The maximum atomic E-state index is 5.64. The van der Waals surface area contributed by atoms with E-state index in [0.29, 0.717) is 6.54 Å². The van der Waals surface area contributed by atoms with Crippen molar-refractivity contribution in [1.29, 1.82) is 0 Å². The van der Waals surface area contributed by atoms with Crippen LogP contribution in [0.4, 0.5) is 5.69 Å². The molecule has 1 rings (SSSR count). The summed E-state index contributed by atoms with van der Waals surface area (Å²) < 4.78 is 0. The fourth-order valence-corrected chi connectivity index (χ4v) is 1.41. The maximum absolute atomic E-state index is 5.64. The Bertz CT molecular complexity index is 227. The lowest BCUT2D eigenvalue weighted by molar-refractivity contribution is 1.15. The van der Waals surface area contributed by atoms with E-state index in [-0.39, 0.29) is 0 Å². The molecule has 0 bridgehead atoms. The van der Waals surface area contributed by atoms with E-state index in [0.717, 1.165) is 16.3 Å². The molecule has 60 valence electrons. The van der Waals surface area contributed by atoms with Gasteiger partial charge in [-0.2, -0.15) is 0 Å². The van der Waals surface area contributed by atoms with Gasteiger partial charge >= 0.3 is 0 Å². The Balaban J connectivity index is 2.62. The van der Waals surface area contributed by atoms with Crippen LogP contribution in [-0.2, 0) is 0 Å². The molecule has 0 fully saturated rings. The van der Waals surface area contributed by atoms with Gasteiger partial charge in [-0.25, -0.2) is 0 Å². The molecule has 1 heterocycles. The first kappa shape index (κ1) is 8.36. The molecule has 0 aliphatic rings. The first-order valence-corrected chi connectivity index (χ1v) is 4.35. The van der Waals surface area contributed by atoms with Crippen molar-refractivity contribution in [3.8, 4) is 0 Å². The normalized spacial score (nSPS) is 9.91. The number of nitrogens with zero attached hydrogens (tertiary/aromatic N) is 1. The fraction of sp³-hybridized carbons (Fsp3) is 0.286. The second-order valence-corrected chi connectivity index (χ2v) is 3.19. The van der Waals surface area contributed by atoms with Gasteiger partial charge in [-0.15, -0.1) is 11.8 Å². The van der Waals surface area contributed by atoms with Crippen molar-refractivity contribution >= 4 is 17.4 Å². The minimum absolute atomic E-state index is 0.673. The summed E-state index contributed by atoms with van der Waals surface area (Å²) in [5.74, 6) is 0.897.